The van der Waals surface area contributed by atoms with Crippen molar-refractivity contribution in [3.8, 4) is 0 Å². The quantitative estimate of drug-likeness (QED) is 0.835. The van der Waals surface area contributed by atoms with Crippen molar-refractivity contribution in [2.45, 2.75) is 6.92 Å². The van der Waals surface area contributed by atoms with Gasteiger partial charge in [-0.1, -0.05) is 28.4 Å². The van der Waals surface area contributed by atoms with Gasteiger partial charge in [-0.05, 0) is 25.1 Å². The van der Waals surface area contributed by atoms with E-state index < -0.39 is 11.8 Å². The van der Waals surface area contributed by atoms with Gasteiger partial charge < -0.3 is 9.84 Å². The van der Waals surface area contributed by atoms with Crippen molar-refractivity contribution in [3.05, 3.63) is 40.1 Å². The van der Waals surface area contributed by atoms with E-state index in [4.69, 9.17) is 27.7 Å². The molecule has 0 atom stereocenters. The SMILES string of the molecule is Cc1cc(NC(=O)C(=O)Nc2cc(Cl)cc(Cl)c2)no1. The Labute approximate surface area is 124 Å². The predicted octanol–water partition coefficient (Wildman–Crippen LogP) is 2.87. The number of rotatable bonds is 2. The number of aryl methyl sites for hydroxylation is 1. The van der Waals surface area contributed by atoms with Crippen LogP contribution in [0.2, 0.25) is 10.0 Å². The lowest BCUT2D eigenvalue weighted by atomic mass is 10.3. The first-order valence-corrected chi connectivity index (χ1v) is 6.21. The fourth-order valence-corrected chi connectivity index (χ4v) is 1.94. The largest absolute Gasteiger partial charge is 0.360 e. The maximum absolute atomic E-state index is 11.7. The standard InChI is InChI=1S/C12H9Cl2N3O3/c1-6-2-10(17-20-6)16-12(19)11(18)15-9-4-7(13)3-8(14)5-9/h2-5H,1H3,(H,15,18)(H,16,17,19). The third kappa shape index (κ3) is 3.72. The molecule has 0 fully saturated rings. The van der Waals surface area contributed by atoms with Crippen LogP contribution in [0.25, 0.3) is 0 Å². The molecule has 2 amide bonds. The molecule has 0 aliphatic carbocycles. The average molecular weight is 314 g/mol. The van der Waals surface area contributed by atoms with E-state index >= 15 is 0 Å². The summed E-state index contributed by atoms with van der Waals surface area (Å²) >= 11 is 11.6. The van der Waals surface area contributed by atoms with Gasteiger partial charge in [0.2, 0.25) is 0 Å². The van der Waals surface area contributed by atoms with Crippen LogP contribution in [0.4, 0.5) is 11.5 Å². The highest BCUT2D eigenvalue weighted by atomic mass is 35.5. The Morgan fingerprint density at radius 2 is 1.65 bits per heavy atom. The number of carbonyl (C=O) groups is 2. The van der Waals surface area contributed by atoms with Gasteiger partial charge in [-0.25, -0.2) is 0 Å². The molecule has 0 saturated heterocycles. The number of amides is 2. The number of anilines is 2. The van der Waals surface area contributed by atoms with Crippen molar-refractivity contribution in [1.29, 1.82) is 0 Å². The maximum Gasteiger partial charge on any atom is 0.315 e. The molecule has 1 heterocycles. The van der Waals surface area contributed by atoms with Crippen LogP contribution in [0.15, 0.2) is 28.8 Å². The summed E-state index contributed by atoms with van der Waals surface area (Å²) in [4.78, 5) is 23.3. The molecule has 20 heavy (non-hydrogen) atoms. The minimum atomic E-state index is -0.880. The van der Waals surface area contributed by atoms with E-state index in [2.05, 4.69) is 15.8 Å². The van der Waals surface area contributed by atoms with Gasteiger partial charge in [-0.3, -0.25) is 14.9 Å². The second-order valence-corrected chi connectivity index (χ2v) is 4.76. The molecule has 0 aliphatic heterocycles. The molecule has 6 nitrogen and oxygen atoms in total. The molecule has 0 spiro atoms. The van der Waals surface area contributed by atoms with Crippen molar-refractivity contribution in [2.75, 3.05) is 10.6 Å². The first-order chi connectivity index (χ1) is 9.44. The number of halogens is 2. The molecular formula is C12H9Cl2N3O3. The van der Waals surface area contributed by atoms with Gasteiger partial charge >= 0.3 is 11.8 Å². The van der Waals surface area contributed by atoms with Gasteiger partial charge in [0.1, 0.15) is 5.76 Å². The molecule has 8 heteroatoms. The van der Waals surface area contributed by atoms with E-state index in [1.54, 1.807) is 6.92 Å². The zero-order valence-corrected chi connectivity index (χ0v) is 11.7. The smallest absolute Gasteiger partial charge is 0.315 e. The molecule has 0 bridgehead atoms. The molecule has 104 valence electrons. The van der Waals surface area contributed by atoms with Gasteiger partial charge in [0, 0.05) is 21.8 Å². The lowest BCUT2D eigenvalue weighted by Gasteiger charge is -2.05. The summed E-state index contributed by atoms with van der Waals surface area (Å²) in [6, 6.07) is 5.94. The number of nitrogens with one attached hydrogen (secondary N) is 2. The minimum absolute atomic E-state index is 0.159. The van der Waals surface area contributed by atoms with Crippen LogP contribution in [-0.4, -0.2) is 17.0 Å². The van der Waals surface area contributed by atoms with Crippen LogP contribution in [-0.2, 0) is 9.59 Å². The monoisotopic (exact) mass is 313 g/mol. The van der Waals surface area contributed by atoms with E-state index in [9.17, 15) is 9.59 Å². The zero-order chi connectivity index (χ0) is 14.7. The lowest BCUT2D eigenvalue weighted by molar-refractivity contribution is -0.133. The number of carbonyl (C=O) groups excluding carboxylic acids is 2. The van der Waals surface area contributed by atoms with E-state index in [0.717, 1.165) is 0 Å². The number of benzene rings is 1. The Bertz CT molecular complexity index is 649. The van der Waals surface area contributed by atoms with Crippen LogP contribution >= 0.6 is 23.2 Å². The number of aromatic nitrogens is 1. The fourth-order valence-electron chi connectivity index (χ4n) is 1.41. The number of nitrogens with zero attached hydrogens (tertiary/aromatic N) is 1. The van der Waals surface area contributed by atoms with Gasteiger partial charge in [-0.2, -0.15) is 0 Å². The summed E-state index contributed by atoms with van der Waals surface area (Å²) in [7, 11) is 0. The normalized spacial score (nSPS) is 10.2. The summed E-state index contributed by atoms with van der Waals surface area (Å²) in [5.41, 5.74) is 0.319. The third-order valence-corrected chi connectivity index (χ3v) is 2.63. The predicted molar refractivity (Wildman–Crippen MR) is 75.0 cm³/mol. The Hall–Kier alpha value is -2.05. The molecule has 0 unspecified atom stereocenters. The van der Waals surface area contributed by atoms with Crippen LogP contribution < -0.4 is 10.6 Å². The Morgan fingerprint density at radius 1 is 1.05 bits per heavy atom. The van der Waals surface area contributed by atoms with Crippen molar-refractivity contribution in [2.24, 2.45) is 0 Å². The van der Waals surface area contributed by atoms with Gasteiger partial charge in [-0.15, -0.1) is 0 Å². The van der Waals surface area contributed by atoms with Crippen LogP contribution in [0.3, 0.4) is 0 Å². The molecule has 1 aromatic heterocycles. The summed E-state index contributed by atoms with van der Waals surface area (Å²) in [5.74, 6) is -1.08. The summed E-state index contributed by atoms with van der Waals surface area (Å²) in [6.07, 6.45) is 0. The van der Waals surface area contributed by atoms with Crippen LogP contribution in [0.1, 0.15) is 5.76 Å². The molecule has 2 N–H and O–H groups in total. The van der Waals surface area contributed by atoms with E-state index in [-0.39, 0.29) is 5.82 Å². The summed E-state index contributed by atoms with van der Waals surface area (Å²) < 4.78 is 4.76. The molecule has 0 saturated carbocycles. The fraction of sp³-hybridized carbons (Fsp3) is 0.0833. The molecule has 0 aliphatic rings. The lowest BCUT2D eigenvalue weighted by Crippen LogP contribution is -2.29. The molecule has 1 aromatic carbocycles. The van der Waals surface area contributed by atoms with Gasteiger partial charge in [0.25, 0.3) is 0 Å². The van der Waals surface area contributed by atoms with E-state index in [1.165, 1.54) is 24.3 Å². The van der Waals surface area contributed by atoms with Crippen molar-refractivity contribution in [1.82, 2.24) is 5.16 Å². The Balaban J connectivity index is 2.02. The molecule has 2 aromatic rings. The maximum atomic E-state index is 11.7. The topological polar surface area (TPSA) is 84.2 Å². The number of hydrogen-bond acceptors (Lipinski definition) is 4. The molecule has 2 rings (SSSR count). The second kappa shape index (κ2) is 5.94. The molecule has 0 radical (unpaired) electrons. The summed E-state index contributed by atoms with van der Waals surface area (Å²) in [6.45, 7) is 1.66. The highest BCUT2D eigenvalue weighted by Gasteiger charge is 2.16. The average Bonchev–Trinajstić information content (AvgIpc) is 2.73. The Kier molecular flexibility index (Phi) is 4.26. The second-order valence-electron chi connectivity index (χ2n) is 3.89. The van der Waals surface area contributed by atoms with Gasteiger partial charge in [0.05, 0.1) is 0 Å². The first-order valence-electron chi connectivity index (χ1n) is 5.46. The van der Waals surface area contributed by atoms with Gasteiger partial charge in [0.15, 0.2) is 5.82 Å². The van der Waals surface area contributed by atoms with E-state index in [1.807, 2.05) is 0 Å². The third-order valence-electron chi connectivity index (χ3n) is 2.20. The minimum Gasteiger partial charge on any atom is -0.360 e. The highest BCUT2D eigenvalue weighted by molar-refractivity contribution is 6.44. The van der Waals surface area contributed by atoms with Crippen molar-refractivity contribution >= 4 is 46.5 Å². The first kappa shape index (κ1) is 14.4. The Morgan fingerprint density at radius 3 is 2.20 bits per heavy atom. The summed E-state index contributed by atoms with van der Waals surface area (Å²) in [5, 5.41) is 8.90. The van der Waals surface area contributed by atoms with Crippen LogP contribution in [0, 0.1) is 6.92 Å². The highest BCUT2D eigenvalue weighted by Crippen LogP contribution is 2.22. The van der Waals surface area contributed by atoms with Crippen LogP contribution in [0.5, 0.6) is 0 Å². The van der Waals surface area contributed by atoms with E-state index in [0.29, 0.717) is 21.5 Å². The number of hydrogen-bond donors (Lipinski definition) is 2. The molecular weight excluding hydrogens is 305 g/mol. The van der Waals surface area contributed by atoms with Crippen molar-refractivity contribution in [3.63, 3.8) is 0 Å². The van der Waals surface area contributed by atoms with Crippen molar-refractivity contribution < 1.29 is 14.1 Å². The zero-order valence-electron chi connectivity index (χ0n) is 10.2.